The normalized spacial score (nSPS) is 10.8. The van der Waals surface area contributed by atoms with Crippen LogP contribution in [0.3, 0.4) is 0 Å². The molecule has 6 heteroatoms. The maximum Gasteiger partial charge on any atom is 0.191 e. The molecule has 110 valence electrons. The minimum Gasteiger partial charge on any atom is -0.497 e. The van der Waals surface area contributed by atoms with Gasteiger partial charge in [-0.25, -0.2) is 8.78 Å². The van der Waals surface area contributed by atoms with Crippen LogP contribution in [-0.4, -0.2) is 18.5 Å². The smallest absolute Gasteiger partial charge is 0.191 e. The van der Waals surface area contributed by atoms with E-state index in [2.05, 4.69) is 5.16 Å². The number of nitrogens with zero attached hydrogens (tertiary/aromatic N) is 1. The highest BCUT2D eigenvalue weighted by Gasteiger charge is 2.14. The van der Waals surface area contributed by atoms with Gasteiger partial charge in [0, 0.05) is 5.56 Å². The second-order valence-corrected chi connectivity index (χ2v) is 4.16. The standard InChI is InChI=1S/C15H13F2NO3/c1-20-12-5-2-10(3-6-12)9-21-15-13(16)7-4-11(8-18-19)14(15)17/h2-8,19H,9H2,1H3. The van der Waals surface area contributed by atoms with E-state index in [1.807, 2.05) is 0 Å². The highest BCUT2D eigenvalue weighted by atomic mass is 19.1. The maximum absolute atomic E-state index is 14.0. The predicted octanol–water partition coefficient (Wildman–Crippen LogP) is 3.36. The average molecular weight is 293 g/mol. The van der Waals surface area contributed by atoms with Crippen molar-refractivity contribution in [3.63, 3.8) is 0 Å². The van der Waals surface area contributed by atoms with Gasteiger partial charge in [-0.05, 0) is 29.8 Å². The van der Waals surface area contributed by atoms with E-state index in [1.165, 1.54) is 0 Å². The molecule has 0 aliphatic heterocycles. The molecule has 2 aromatic carbocycles. The van der Waals surface area contributed by atoms with Crippen LogP contribution in [0.15, 0.2) is 41.6 Å². The van der Waals surface area contributed by atoms with Crippen LogP contribution >= 0.6 is 0 Å². The van der Waals surface area contributed by atoms with Crippen LogP contribution in [-0.2, 0) is 6.61 Å². The Labute approximate surface area is 120 Å². The largest absolute Gasteiger partial charge is 0.497 e. The van der Waals surface area contributed by atoms with Crippen LogP contribution in [0.4, 0.5) is 8.78 Å². The van der Waals surface area contributed by atoms with E-state index in [-0.39, 0.29) is 12.2 Å². The second kappa shape index (κ2) is 6.69. The molecule has 1 N–H and O–H groups in total. The van der Waals surface area contributed by atoms with Crippen molar-refractivity contribution < 1.29 is 23.5 Å². The Bertz CT molecular complexity index is 642. The zero-order valence-corrected chi connectivity index (χ0v) is 11.2. The third-order valence-electron chi connectivity index (χ3n) is 2.82. The molecule has 0 radical (unpaired) electrons. The Morgan fingerprint density at radius 3 is 2.48 bits per heavy atom. The number of benzene rings is 2. The number of hydrogen-bond donors (Lipinski definition) is 1. The average Bonchev–Trinajstić information content (AvgIpc) is 2.51. The van der Waals surface area contributed by atoms with Gasteiger partial charge in [-0.15, -0.1) is 0 Å². The van der Waals surface area contributed by atoms with Crippen molar-refractivity contribution in [2.24, 2.45) is 5.16 Å². The van der Waals surface area contributed by atoms with Crippen LogP contribution in [0.5, 0.6) is 11.5 Å². The van der Waals surface area contributed by atoms with Crippen LogP contribution in [0.25, 0.3) is 0 Å². The summed E-state index contributed by atoms with van der Waals surface area (Å²) in [6, 6.07) is 9.11. The molecule has 2 rings (SSSR count). The van der Waals surface area contributed by atoms with E-state index in [1.54, 1.807) is 31.4 Å². The summed E-state index contributed by atoms with van der Waals surface area (Å²) >= 11 is 0. The number of hydrogen-bond acceptors (Lipinski definition) is 4. The molecule has 0 heterocycles. The van der Waals surface area contributed by atoms with Gasteiger partial charge in [-0.2, -0.15) is 0 Å². The van der Waals surface area contributed by atoms with E-state index < -0.39 is 17.4 Å². The van der Waals surface area contributed by atoms with Gasteiger partial charge >= 0.3 is 0 Å². The Morgan fingerprint density at radius 2 is 1.86 bits per heavy atom. The van der Waals surface area contributed by atoms with Gasteiger partial charge in [-0.3, -0.25) is 0 Å². The highest BCUT2D eigenvalue weighted by Crippen LogP contribution is 2.25. The third kappa shape index (κ3) is 3.47. The molecule has 4 nitrogen and oxygen atoms in total. The molecule has 0 saturated carbocycles. The zero-order chi connectivity index (χ0) is 15.2. The molecule has 0 aliphatic rings. The maximum atomic E-state index is 14.0. The summed E-state index contributed by atoms with van der Waals surface area (Å²) in [5, 5.41) is 11.1. The first-order valence-corrected chi connectivity index (χ1v) is 6.07. The second-order valence-electron chi connectivity index (χ2n) is 4.16. The highest BCUT2D eigenvalue weighted by molar-refractivity contribution is 5.80. The van der Waals surface area contributed by atoms with Crippen molar-refractivity contribution in [2.45, 2.75) is 6.61 Å². The first kappa shape index (κ1) is 14.8. The quantitative estimate of drug-likeness (QED) is 0.522. The number of ether oxygens (including phenoxy) is 2. The van der Waals surface area contributed by atoms with Gasteiger partial charge in [0.25, 0.3) is 0 Å². The molecule has 0 amide bonds. The molecular weight excluding hydrogens is 280 g/mol. The fourth-order valence-corrected chi connectivity index (χ4v) is 1.72. The SMILES string of the molecule is COc1ccc(COc2c(F)ccc(C=NO)c2F)cc1. The first-order chi connectivity index (χ1) is 10.2. The van der Waals surface area contributed by atoms with Gasteiger partial charge < -0.3 is 14.7 Å². The number of halogens is 2. The molecule has 0 aromatic heterocycles. The molecule has 2 aromatic rings. The van der Waals surface area contributed by atoms with E-state index in [0.29, 0.717) is 5.75 Å². The van der Waals surface area contributed by atoms with Crippen LogP contribution < -0.4 is 9.47 Å². The molecular formula is C15H13F2NO3. The molecule has 0 unspecified atom stereocenters. The molecule has 0 bridgehead atoms. The molecule has 0 spiro atoms. The van der Waals surface area contributed by atoms with Crippen molar-refractivity contribution in [3.8, 4) is 11.5 Å². The van der Waals surface area contributed by atoms with Crippen molar-refractivity contribution in [2.75, 3.05) is 7.11 Å². The Hall–Kier alpha value is -2.63. The van der Waals surface area contributed by atoms with Crippen molar-refractivity contribution >= 4 is 6.21 Å². The third-order valence-corrected chi connectivity index (χ3v) is 2.82. The fraction of sp³-hybridized carbons (Fsp3) is 0.133. The minimum atomic E-state index is -0.915. The van der Waals surface area contributed by atoms with Gasteiger partial charge in [0.2, 0.25) is 0 Å². The summed E-state index contributed by atoms with van der Waals surface area (Å²) in [7, 11) is 1.55. The molecule has 0 saturated heterocycles. The molecule has 21 heavy (non-hydrogen) atoms. The summed E-state index contributed by atoms with van der Waals surface area (Å²) < 4.78 is 37.7. The summed E-state index contributed by atoms with van der Waals surface area (Å²) in [5.74, 6) is -1.57. The Kier molecular flexibility index (Phi) is 4.71. The monoisotopic (exact) mass is 293 g/mol. The Morgan fingerprint density at radius 1 is 1.14 bits per heavy atom. The summed E-state index contributed by atoms with van der Waals surface area (Å²) in [5.41, 5.74) is 0.666. The van der Waals surface area contributed by atoms with Crippen molar-refractivity contribution in [3.05, 3.63) is 59.2 Å². The summed E-state index contributed by atoms with van der Waals surface area (Å²) in [6.07, 6.45) is 0.870. The van der Waals surface area contributed by atoms with Gasteiger partial charge in [0.1, 0.15) is 12.4 Å². The number of rotatable bonds is 5. The van der Waals surface area contributed by atoms with Crippen molar-refractivity contribution in [1.29, 1.82) is 0 Å². The summed E-state index contributed by atoms with van der Waals surface area (Å²) in [6.45, 7) is -0.00243. The molecule has 0 aliphatic carbocycles. The molecule has 0 atom stereocenters. The zero-order valence-electron chi connectivity index (χ0n) is 11.2. The topological polar surface area (TPSA) is 51.0 Å². The first-order valence-electron chi connectivity index (χ1n) is 6.07. The molecule has 0 fully saturated rings. The summed E-state index contributed by atoms with van der Waals surface area (Å²) in [4.78, 5) is 0. The van der Waals surface area contributed by atoms with Gasteiger partial charge in [-0.1, -0.05) is 17.3 Å². The fourth-order valence-electron chi connectivity index (χ4n) is 1.72. The van der Waals surface area contributed by atoms with Crippen LogP contribution in [0.1, 0.15) is 11.1 Å². The lowest BCUT2D eigenvalue weighted by atomic mass is 10.2. The van der Waals surface area contributed by atoms with Gasteiger partial charge in [0.15, 0.2) is 17.4 Å². The van der Waals surface area contributed by atoms with E-state index in [0.717, 1.165) is 23.9 Å². The number of oxime groups is 1. The van der Waals surface area contributed by atoms with Gasteiger partial charge in [0.05, 0.1) is 13.3 Å². The Balaban J connectivity index is 2.17. The lowest BCUT2D eigenvalue weighted by Gasteiger charge is -2.10. The lowest BCUT2D eigenvalue weighted by molar-refractivity contribution is 0.273. The predicted molar refractivity (Wildman–Crippen MR) is 73.1 cm³/mol. The van der Waals surface area contributed by atoms with E-state index in [9.17, 15) is 8.78 Å². The van der Waals surface area contributed by atoms with E-state index in [4.69, 9.17) is 14.7 Å². The van der Waals surface area contributed by atoms with Crippen LogP contribution in [0.2, 0.25) is 0 Å². The van der Waals surface area contributed by atoms with E-state index >= 15 is 0 Å². The lowest BCUT2D eigenvalue weighted by Crippen LogP contribution is -2.02. The minimum absolute atomic E-state index is 0.00243. The van der Waals surface area contributed by atoms with Crippen molar-refractivity contribution in [1.82, 2.24) is 0 Å². The number of methoxy groups -OCH3 is 1. The van der Waals surface area contributed by atoms with Crippen LogP contribution in [0, 0.1) is 11.6 Å².